The van der Waals surface area contributed by atoms with Gasteiger partial charge in [-0.2, -0.15) is 13.2 Å². The number of halogens is 3. The third-order valence-corrected chi connectivity index (χ3v) is 10.9. The molecule has 4 nitrogen and oxygen atoms in total. The van der Waals surface area contributed by atoms with Crippen molar-refractivity contribution in [1.82, 2.24) is 9.97 Å². The van der Waals surface area contributed by atoms with E-state index >= 15 is 0 Å². The van der Waals surface area contributed by atoms with Crippen LogP contribution in [0.5, 0.6) is 0 Å². The Hall–Kier alpha value is -4.43. The van der Waals surface area contributed by atoms with Gasteiger partial charge >= 0.3 is 6.18 Å². The van der Waals surface area contributed by atoms with Gasteiger partial charge in [-0.1, -0.05) is 92.8 Å². The van der Waals surface area contributed by atoms with Gasteiger partial charge < -0.3 is 10.2 Å². The van der Waals surface area contributed by atoms with E-state index in [0.29, 0.717) is 41.5 Å². The summed E-state index contributed by atoms with van der Waals surface area (Å²) in [6.07, 6.45) is 2.44. The third-order valence-electron chi connectivity index (χ3n) is 9.95. The fourth-order valence-electron chi connectivity index (χ4n) is 7.38. The van der Waals surface area contributed by atoms with Crippen LogP contribution in [0.1, 0.15) is 66.1 Å². The Bertz CT molecular complexity index is 1950. The molecule has 3 aromatic carbocycles. The number of nitrogens with zero attached hydrogens (tertiary/aromatic N) is 3. The lowest BCUT2D eigenvalue weighted by Crippen LogP contribution is -2.32. The molecule has 0 spiro atoms. The minimum Gasteiger partial charge on any atom is -0.352 e. The first-order valence-corrected chi connectivity index (χ1v) is 17.5. The van der Waals surface area contributed by atoms with Gasteiger partial charge in [-0.15, -0.1) is 0 Å². The second kappa shape index (κ2) is 13.2. The summed E-state index contributed by atoms with van der Waals surface area (Å²) in [4.78, 5) is 11.8. The van der Waals surface area contributed by atoms with E-state index in [0.717, 1.165) is 70.8 Å². The van der Waals surface area contributed by atoms with E-state index in [1.807, 2.05) is 24.3 Å². The van der Waals surface area contributed by atoms with Gasteiger partial charge in [0.1, 0.15) is 5.82 Å². The Morgan fingerprint density at radius 3 is 2.52 bits per heavy atom. The molecule has 48 heavy (non-hydrogen) atoms. The molecule has 3 heterocycles. The molecule has 7 rings (SSSR count). The normalized spacial score (nSPS) is 18.0. The molecule has 0 unspecified atom stereocenters. The monoisotopic (exact) mass is 664 g/mol. The molecule has 246 valence electrons. The van der Waals surface area contributed by atoms with Crippen LogP contribution in [0.25, 0.3) is 33.1 Å². The lowest BCUT2D eigenvalue weighted by Gasteiger charge is -2.32. The van der Waals surface area contributed by atoms with Crippen molar-refractivity contribution in [2.75, 3.05) is 16.8 Å². The van der Waals surface area contributed by atoms with E-state index in [-0.39, 0.29) is 11.5 Å². The van der Waals surface area contributed by atoms with Gasteiger partial charge in [-0.05, 0) is 90.1 Å². The minimum absolute atomic E-state index is 0.168. The largest absolute Gasteiger partial charge is 0.417 e. The molecule has 1 fully saturated rings. The number of aromatic nitrogens is 2. The average molecular weight is 665 g/mol. The number of anilines is 2. The number of hydrogen-bond acceptors (Lipinski definition) is 5. The lowest BCUT2D eigenvalue weighted by molar-refractivity contribution is -0.137. The van der Waals surface area contributed by atoms with Crippen molar-refractivity contribution >= 4 is 44.3 Å². The molecule has 0 atom stereocenters. The highest BCUT2D eigenvalue weighted by molar-refractivity contribution is 7.22. The van der Waals surface area contributed by atoms with Crippen LogP contribution in [0.2, 0.25) is 0 Å². The molecule has 0 radical (unpaired) electrons. The van der Waals surface area contributed by atoms with E-state index in [1.54, 1.807) is 41.7 Å². The Kier molecular flexibility index (Phi) is 8.86. The Balaban J connectivity index is 1.16. The SMILES string of the molecule is C=Cc1nc(N2CCc3cccc(C(=C)Nc4nc5ccccc5s4)c3C2)ccc1-c1cccc(CC2CCC(C)CC2)c1C(F)(F)F. The Morgan fingerprint density at radius 1 is 0.958 bits per heavy atom. The number of rotatable bonds is 8. The fraction of sp³-hybridized carbons (Fsp3) is 0.300. The first-order chi connectivity index (χ1) is 23.2. The fourth-order valence-corrected chi connectivity index (χ4v) is 8.27. The van der Waals surface area contributed by atoms with Gasteiger partial charge in [-0.3, -0.25) is 0 Å². The zero-order chi connectivity index (χ0) is 33.4. The van der Waals surface area contributed by atoms with E-state index in [4.69, 9.17) is 9.97 Å². The number of alkyl halides is 3. The summed E-state index contributed by atoms with van der Waals surface area (Å²) in [5, 5.41) is 4.21. The van der Waals surface area contributed by atoms with Gasteiger partial charge in [0.05, 0.1) is 21.5 Å². The first-order valence-electron chi connectivity index (χ1n) is 16.7. The van der Waals surface area contributed by atoms with Crippen LogP contribution in [-0.2, 0) is 25.6 Å². The third kappa shape index (κ3) is 6.50. The van der Waals surface area contributed by atoms with E-state index in [9.17, 15) is 13.2 Å². The molecule has 8 heteroatoms. The van der Waals surface area contributed by atoms with Crippen LogP contribution in [0.15, 0.2) is 86.0 Å². The second-order valence-corrected chi connectivity index (χ2v) is 14.2. The molecule has 0 saturated heterocycles. The van der Waals surface area contributed by atoms with E-state index < -0.39 is 11.7 Å². The summed E-state index contributed by atoms with van der Waals surface area (Å²) in [5.41, 5.74) is 6.01. The molecule has 0 amide bonds. The summed E-state index contributed by atoms with van der Waals surface area (Å²) in [5.74, 6) is 1.63. The van der Waals surface area contributed by atoms with Crippen LogP contribution >= 0.6 is 11.3 Å². The predicted octanol–water partition coefficient (Wildman–Crippen LogP) is 11.0. The number of fused-ring (bicyclic) bond motifs is 2. The van der Waals surface area contributed by atoms with Crippen molar-refractivity contribution in [3.05, 3.63) is 119 Å². The van der Waals surface area contributed by atoms with Crippen LogP contribution in [-0.4, -0.2) is 16.5 Å². The molecule has 2 aliphatic rings. The van der Waals surface area contributed by atoms with Crippen LogP contribution in [0.4, 0.5) is 24.1 Å². The molecule has 5 aromatic rings. The van der Waals surface area contributed by atoms with Crippen molar-refractivity contribution in [2.24, 2.45) is 11.8 Å². The van der Waals surface area contributed by atoms with E-state index in [2.05, 4.69) is 54.6 Å². The molecule has 1 N–H and O–H groups in total. The summed E-state index contributed by atoms with van der Waals surface area (Å²) in [6.45, 7) is 11.9. The number of nitrogens with one attached hydrogen (secondary N) is 1. The van der Waals surface area contributed by atoms with Gasteiger partial charge in [-0.25, -0.2) is 9.97 Å². The van der Waals surface area contributed by atoms with Gasteiger partial charge in [0.15, 0.2) is 5.13 Å². The molecule has 1 aliphatic carbocycles. The standard InChI is InChI=1S/C40H39F3N4S/c1-4-34-31(32-12-8-10-29(38(32)40(41,42)43)23-27-17-15-25(2)16-18-27)19-20-37(45-34)47-22-21-28-9-7-11-30(33(28)24-47)26(3)44-39-46-35-13-5-6-14-36(35)48-39/h4-14,19-20,25,27H,1,3,15-18,21-24H2,2H3,(H,44,46). The van der Waals surface area contributed by atoms with Gasteiger partial charge in [0, 0.05) is 29.9 Å². The van der Waals surface area contributed by atoms with Crippen LogP contribution in [0.3, 0.4) is 0 Å². The molecule has 1 saturated carbocycles. The topological polar surface area (TPSA) is 41.1 Å². The van der Waals surface area contributed by atoms with Gasteiger partial charge in [0.2, 0.25) is 0 Å². The number of benzene rings is 3. The number of hydrogen-bond donors (Lipinski definition) is 1. The Morgan fingerprint density at radius 2 is 1.75 bits per heavy atom. The zero-order valence-electron chi connectivity index (χ0n) is 27.1. The average Bonchev–Trinajstić information content (AvgIpc) is 3.50. The molecular weight excluding hydrogens is 626 g/mol. The molecule has 0 bridgehead atoms. The number of thiazole rings is 1. The zero-order valence-corrected chi connectivity index (χ0v) is 27.9. The number of para-hydroxylation sites is 1. The van der Waals surface area contributed by atoms with E-state index in [1.165, 1.54) is 5.56 Å². The highest BCUT2D eigenvalue weighted by Gasteiger charge is 2.37. The summed E-state index contributed by atoms with van der Waals surface area (Å²) in [6, 6.07) is 22.9. The maximum absolute atomic E-state index is 14.8. The Labute approximate surface area is 284 Å². The summed E-state index contributed by atoms with van der Waals surface area (Å²) >= 11 is 1.59. The smallest absolute Gasteiger partial charge is 0.352 e. The molecule has 2 aromatic heterocycles. The van der Waals surface area contributed by atoms with Crippen molar-refractivity contribution in [3.63, 3.8) is 0 Å². The summed E-state index contributed by atoms with van der Waals surface area (Å²) in [7, 11) is 0. The van der Waals surface area contributed by atoms with Crippen molar-refractivity contribution in [3.8, 4) is 11.1 Å². The van der Waals surface area contributed by atoms with Crippen LogP contribution in [0, 0.1) is 11.8 Å². The lowest BCUT2D eigenvalue weighted by atomic mass is 9.79. The van der Waals surface area contributed by atoms with Crippen molar-refractivity contribution < 1.29 is 13.2 Å². The highest BCUT2D eigenvalue weighted by Crippen LogP contribution is 2.43. The van der Waals surface area contributed by atoms with Gasteiger partial charge in [0.25, 0.3) is 0 Å². The molecular formula is C40H39F3N4S. The first kappa shape index (κ1) is 32.1. The minimum atomic E-state index is -4.49. The number of pyridine rings is 1. The van der Waals surface area contributed by atoms with Crippen molar-refractivity contribution in [1.29, 1.82) is 0 Å². The second-order valence-electron chi connectivity index (χ2n) is 13.2. The van der Waals surface area contributed by atoms with Crippen LogP contribution < -0.4 is 10.2 Å². The summed E-state index contributed by atoms with van der Waals surface area (Å²) < 4.78 is 45.5. The quantitative estimate of drug-likeness (QED) is 0.179. The highest BCUT2D eigenvalue weighted by atomic mass is 32.1. The predicted molar refractivity (Wildman–Crippen MR) is 193 cm³/mol. The van der Waals surface area contributed by atoms with Crippen molar-refractivity contribution in [2.45, 2.75) is 58.2 Å². The maximum atomic E-state index is 14.8. The maximum Gasteiger partial charge on any atom is 0.417 e. The molecule has 1 aliphatic heterocycles.